The molecule has 8 heavy (non-hydrogen) atoms. The van der Waals surface area contributed by atoms with Crippen molar-refractivity contribution in [3.8, 4) is 0 Å². The minimum Gasteiger partial charge on any atom is -1.00 e. The van der Waals surface area contributed by atoms with Crippen molar-refractivity contribution in [1.29, 1.82) is 0 Å². The van der Waals surface area contributed by atoms with Crippen LogP contribution in [0.4, 0.5) is 0 Å². The molecule has 0 aromatic carbocycles. The van der Waals surface area contributed by atoms with Crippen molar-refractivity contribution in [3.05, 3.63) is 4.91 Å². The Bertz CT molecular complexity index is 93.1. The average Bonchev–Trinajstić information content (AvgIpc) is 1.27. The molecular formula is H2NNaO5S. The van der Waals surface area contributed by atoms with E-state index in [9.17, 15) is 8.76 Å². The van der Waals surface area contributed by atoms with Crippen LogP contribution in [0, 0.1) is 4.91 Å². The molecule has 0 aromatic rings. The van der Waals surface area contributed by atoms with Gasteiger partial charge in [-0.25, -0.2) is 4.21 Å². The molecule has 8 heteroatoms. The first-order valence-corrected chi connectivity index (χ1v) is 2.07. The van der Waals surface area contributed by atoms with Crippen molar-refractivity contribution < 1.29 is 54.3 Å². The molecule has 1 N–H and O–H groups in total. The van der Waals surface area contributed by atoms with Gasteiger partial charge in [-0.1, -0.05) is 4.28 Å². The van der Waals surface area contributed by atoms with E-state index in [0.29, 0.717) is 0 Å². The maximum Gasteiger partial charge on any atom is 1.00 e. The summed E-state index contributed by atoms with van der Waals surface area (Å²) in [5.41, 5.74) is 0. The van der Waals surface area contributed by atoms with Crippen LogP contribution in [0.2, 0.25) is 0 Å². The number of hydrogen-bond acceptors (Lipinski definition) is 4. The molecule has 0 spiro atoms. The van der Waals surface area contributed by atoms with E-state index in [4.69, 9.17) is 10.1 Å². The van der Waals surface area contributed by atoms with Crippen LogP contribution in [0.5, 0.6) is 0 Å². The fraction of sp³-hybridized carbons (Fsp3) is 0. The van der Waals surface area contributed by atoms with E-state index in [2.05, 4.69) is 4.28 Å². The van der Waals surface area contributed by atoms with Gasteiger partial charge >= 0.3 is 34.6 Å². The van der Waals surface area contributed by atoms with Gasteiger partial charge in [0, 0.05) is 0 Å². The van der Waals surface area contributed by atoms with E-state index in [1.807, 2.05) is 0 Å². The molecule has 0 rings (SSSR count). The Kier molecular flexibility index (Phi) is 7.59. The van der Waals surface area contributed by atoms with Crippen LogP contribution < -0.4 is 29.6 Å². The number of hydrogen-bond donors (Lipinski definition) is 1. The molecule has 0 amide bonds. The fourth-order valence-electron chi connectivity index (χ4n) is 0.0521. The summed E-state index contributed by atoms with van der Waals surface area (Å²) in [5.74, 6) is 0. The van der Waals surface area contributed by atoms with Crippen LogP contribution in [0.25, 0.3) is 0 Å². The Balaban J connectivity index is -0.000000180. The van der Waals surface area contributed by atoms with Gasteiger partial charge in [0.1, 0.15) is 4.91 Å². The summed E-state index contributed by atoms with van der Waals surface area (Å²) < 4.78 is 21.4. The van der Waals surface area contributed by atoms with Gasteiger partial charge in [0.2, 0.25) is 11.4 Å². The molecule has 0 aliphatic heterocycles. The second kappa shape index (κ2) is 5.45. The fourth-order valence-corrected chi connectivity index (χ4v) is 0.156. The third kappa shape index (κ3) is 9.58. The molecule has 0 saturated heterocycles. The summed E-state index contributed by atoms with van der Waals surface area (Å²) in [6.45, 7) is 0. The molecule has 1 unspecified atom stereocenters. The van der Waals surface area contributed by atoms with Crippen molar-refractivity contribution in [3.63, 3.8) is 0 Å². The van der Waals surface area contributed by atoms with E-state index in [-0.39, 0.29) is 31.0 Å². The average molecular weight is 151 g/mol. The molecule has 0 aliphatic rings. The Hall–Kier alpha value is 0.310. The van der Waals surface area contributed by atoms with Crippen LogP contribution in [0.1, 0.15) is 1.43 Å². The molecule has 1 atom stereocenters. The van der Waals surface area contributed by atoms with Crippen LogP contribution in [0.15, 0.2) is 0 Å². The van der Waals surface area contributed by atoms with Crippen molar-refractivity contribution in [2.75, 3.05) is 0 Å². The first-order chi connectivity index (χ1) is 3.13. The number of rotatable bonds is 2. The van der Waals surface area contributed by atoms with Gasteiger partial charge in [0.25, 0.3) is 0 Å². The Morgan fingerprint density at radius 3 is 2.25 bits per heavy atom. The summed E-state index contributed by atoms with van der Waals surface area (Å²) in [5, 5.41) is 6.22. The minimum atomic E-state index is -2.98. The van der Waals surface area contributed by atoms with Gasteiger partial charge in [-0.15, -0.1) is 0 Å². The molecule has 0 heterocycles. The SMILES string of the molecule is O=[N+](O)OS(=O)[O-].[H-].[Na+]. The van der Waals surface area contributed by atoms with Gasteiger partial charge < -0.3 is 5.98 Å². The standard InChI is InChI=1S/HNO5S.Na.H/c2-1(3)6-7(4)5;;/h(H-,2,3,4,5);;/q;+1;-1. The van der Waals surface area contributed by atoms with Crippen LogP contribution >= 0.6 is 0 Å². The van der Waals surface area contributed by atoms with Crippen molar-refractivity contribution in [2.45, 2.75) is 0 Å². The quantitative estimate of drug-likeness (QED) is 0.247. The summed E-state index contributed by atoms with van der Waals surface area (Å²) in [6.07, 6.45) is 0. The summed E-state index contributed by atoms with van der Waals surface area (Å²) >= 11 is -2.98. The van der Waals surface area contributed by atoms with Crippen LogP contribution in [0.3, 0.4) is 0 Å². The smallest absolute Gasteiger partial charge is 1.00 e. The van der Waals surface area contributed by atoms with Gasteiger partial charge in [-0.3, -0.25) is 0 Å². The summed E-state index contributed by atoms with van der Waals surface area (Å²) in [7, 11) is 0. The van der Waals surface area contributed by atoms with Gasteiger partial charge in [0.05, 0.1) is 0 Å². The zero-order valence-corrected chi connectivity index (χ0v) is 6.75. The molecule has 0 aliphatic carbocycles. The predicted molar refractivity (Wildman–Crippen MR) is 16.5 cm³/mol. The Morgan fingerprint density at radius 2 is 2.25 bits per heavy atom. The Labute approximate surface area is 70.6 Å². The van der Waals surface area contributed by atoms with E-state index < -0.39 is 16.4 Å². The second-order valence-corrected chi connectivity index (χ2v) is 1.07. The van der Waals surface area contributed by atoms with Gasteiger partial charge in [-0.2, -0.15) is 5.21 Å². The Morgan fingerprint density at radius 1 is 1.88 bits per heavy atom. The largest absolute Gasteiger partial charge is 1.00 e. The molecule has 0 aromatic heterocycles. The monoisotopic (exact) mass is 151 g/mol. The van der Waals surface area contributed by atoms with Gasteiger partial charge in [-0.05, 0) is 0 Å². The van der Waals surface area contributed by atoms with E-state index >= 15 is 0 Å². The molecule has 0 bridgehead atoms. The topological polar surface area (TPSA) is 89.7 Å². The zero-order valence-electron chi connectivity index (χ0n) is 4.94. The predicted octanol–water partition coefficient (Wildman–Crippen LogP) is -4.00. The van der Waals surface area contributed by atoms with Crippen molar-refractivity contribution in [2.24, 2.45) is 0 Å². The van der Waals surface area contributed by atoms with E-state index in [1.54, 1.807) is 0 Å². The first-order valence-electron chi connectivity index (χ1n) is 1.07. The minimum absolute atomic E-state index is 0. The maximum absolute atomic E-state index is 9.19. The summed E-state index contributed by atoms with van der Waals surface area (Å²) in [4.78, 5) is 9.11. The summed E-state index contributed by atoms with van der Waals surface area (Å²) in [6, 6.07) is 0. The number of nitrogens with zero attached hydrogens (tertiary/aromatic N) is 1. The molecule has 0 radical (unpaired) electrons. The maximum atomic E-state index is 9.19. The molecule has 44 valence electrons. The van der Waals surface area contributed by atoms with E-state index in [0.717, 1.165) is 0 Å². The van der Waals surface area contributed by atoms with E-state index in [1.165, 1.54) is 0 Å². The molecule has 0 fully saturated rings. The third-order valence-electron chi connectivity index (χ3n) is 0.125. The second-order valence-electron chi connectivity index (χ2n) is 0.516. The van der Waals surface area contributed by atoms with Crippen molar-refractivity contribution in [1.82, 2.24) is 0 Å². The van der Waals surface area contributed by atoms with Crippen LogP contribution in [-0.4, -0.2) is 19.1 Å². The van der Waals surface area contributed by atoms with Crippen LogP contribution in [-0.2, 0) is 15.6 Å². The zero-order chi connectivity index (χ0) is 5.86. The normalized spacial score (nSPS) is 11.1. The van der Waals surface area contributed by atoms with Gasteiger partial charge in [0.15, 0.2) is 0 Å². The molecule has 0 saturated carbocycles. The molecule has 6 nitrogen and oxygen atoms in total. The molecular weight excluding hydrogens is 149 g/mol. The van der Waals surface area contributed by atoms with Crippen molar-refractivity contribution >= 4 is 11.4 Å². The third-order valence-corrected chi connectivity index (χ3v) is 0.374. The first kappa shape index (κ1) is 11.2.